The number of amides is 1. The lowest BCUT2D eigenvalue weighted by molar-refractivity contribution is 0.103. The minimum atomic E-state index is -0.543. The number of hydrogen-bond acceptors (Lipinski definition) is 5. The number of fused-ring (bicyclic) bond motifs is 1. The van der Waals surface area contributed by atoms with Crippen molar-refractivity contribution in [3.63, 3.8) is 0 Å². The molecule has 0 aliphatic carbocycles. The topological polar surface area (TPSA) is 97.0 Å². The number of nitrogens with zero attached hydrogens (tertiary/aromatic N) is 2. The van der Waals surface area contributed by atoms with Crippen LogP contribution in [0.15, 0.2) is 66.9 Å². The van der Waals surface area contributed by atoms with Crippen molar-refractivity contribution in [2.75, 3.05) is 11.9 Å². The molecule has 0 spiro atoms. The first-order valence-electron chi connectivity index (χ1n) is 10.7. The van der Waals surface area contributed by atoms with Crippen molar-refractivity contribution in [1.29, 1.82) is 0 Å². The monoisotopic (exact) mass is 440 g/mol. The number of carbonyl (C=O) groups excluding carboxylic acids is 2. The third kappa shape index (κ3) is 5.51. The van der Waals surface area contributed by atoms with Crippen LogP contribution in [-0.4, -0.2) is 33.7 Å². The Labute approximate surface area is 191 Å². The number of nitrogens with one attached hydrogen (secondary N) is 2. The number of aromatic nitrogens is 3. The Morgan fingerprint density at radius 3 is 2.67 bits per heavy atom. The Morgan fingerprint density at radius 1 is 1.03 bits per heavy atom. The molecule has 0 unspecified atom stereocenters. The van der Waals surface area contributed by atoms with E-state index in [0.29, 0.717) is 23.4 Å². The van der Waals surface area contributed by atoms with Gasteiger partial charge in [-0.3, -0.25) is 20.2 Å². The normalized spacial score (nSPS) is 11.2. The van der Waals surface area contributed by atoms with Crippen LogP contribution in [-0.2, 0) is 4.74 Å². The van der Waals surface area contributed by atoms with Gasteiger partial charge in [-0.25, -0.2) is 4.79 Å². The lowest BCUT2D eigenvalue weighted by atomic mass is 10.0. The third-order valence-corrected chi connectivity index (χ3v) is 4.87. The summed E-state index contributed by atoms with van der Waals surface area (Å²) in [5, 5.41) is 10.9. The Bertz CT molecular complexity index is 1310. The van der Waals surface area contributed by atoms with E-state index in [0.717, 1.165) is 22.3 Å². The van der Waals surface area contributed by atoms with Crippen molar-refractivity contribution in [2.45, 2.75) is 13.8 Å². The van der Waals surface area contributed by atoms with Crippen molar-refractivity contribution in [1.82, 2.24) is 15.2 Å². The fourth-order valence-electron chi connectivity index (χ4n) is 3.25. The van der Waals surface area contributed by atoms with Gasteiger partial charge in [0.05, 0.1) is 23.5 Å². The van der Waals surface area contributed by atoms with Crippen molar-refractivity contribution >= 4 is 40.6 Å². The van der Waals surface area contributed by atoms with Crippen LogP contribution in [0.3, 0.4) is 0 Å². The van der Waals surface area contributed by atoms with Crippen molar-refractivity contribution in [2.24, 2.45) is 5.92 Å². The van der Waals surface area contributed by atoms with Crippen LogP contribution < -0.4 is 5.32 Å². The summed E-state index contributed by atoms with van der Waals surface area (Å²) in [7, 11) is 0. The maximum absolute atomic E-state index is 13.1. The predicted molar refractivity (Wildman–Crippen MR) is 129 cm³/mol. The molecule has 2 aromatic heterocycles. The van der Waals surface area contributed by atoms with Crippen molar-refractivity contribution < 1.29 is 14.3 Å². The van der Waals surface area contributed by atoms with Gasteiger partial charge in [0.1, 0.15) is 0 Å². The third-order valence-electron chi connectivity index (χ3n) is 4.87. The number of pyridine rings is 1. The number of aromatic amines is 1. The van der Waals surface area contributed by atoms with Crippen molar-refractivity contribution in [3.8, 4) is 0 Å². The van der Waals surface area contributed by atoms with E-state index in [2.05, 4.69) is 20.5 Å². The minimum absolute atomic E-state index is 0.156. The SMILES string of the molecule is CC(C)COC(=O)Nc1cccc(C(=O)c2ccc3c(/C=C/c4ccccn4)n[nH]c3c2)c1. The summed E-state index contributed by atoms with van der Waals surface area (Å²) in [6.07, 6.45) is 4.97. The molecule has 7 nitrogen and oxygen atoms in total. The molecule has 0 atom stereocenters. The molecule has 1 amide bonds. The summed E-state index contributed by atoms with van der Waals surface area (Å²) in [5.74, 6) is 0.0864. The molecule has 0 bridgehead atoms. The molecule has 2 aromatic carbocycles. The van der Waals surface area contributed by atoms with E-state index >= 15 is 0 Å². The average Bonchev–Trinajstić information content (AvgIpc) is 3.24. The Hall–Kier alpha value is -4.26. The molecule has 0 aliphatic heterocycles. The number of benzene rings is 2. The Kier molecular flexibility index (Phi) is 6.59. The predicted octanol–water partition coefficient (Wildman–Crippen LogP) is 5.56. The van der Waals surface area contributed by atoms with Gasteiger partial charge in [-0.15, -0.1) is 0 Å². The van der Waals surface area contributed by atoms with E-state index in [1.807, 2.05) is 50.3 Å². The van der Waals surface area contributed by atoms with E-state index in [9.17, 15) is 9.59 Å². The maximum Gasteiger partial charge on any atom is 0.411 e. The molecule has 166 valence electrons. The molecular formula is C26H24N4O3. The van der Waals surface area contributed by atoms with Crippen LogP contribution in [0.5, 0.6) is 0 Å². The molecule has 2 N–H and O–H groups in total. The van der Waals surface area contributed by atoms with Gasteiger partial charge in [0.25, 0.3) is 0 Å². The van der Waals surface area contributed by atoms with E-state index in [1.54, 1.807) is 42.6 Å². The van der Waals surface area contributed by atoms with Gasteiger partial charge in [-0.1, -0.05) is 38.1 Å². The summed E-state index contributed by atoms with van der Waals surface area (Å²) < 4.78 is 5.14. The molecule has 4 aromatic rings. The summed E-state index contributed by atoms with van der Waals surface area (Å²) in [5.41, 5.74) is 3.84. The molecule has 7 heteroatoms. The summed E-state index contributed by atoms with van der Waals surface area (Å²) in [4.78, 5) is 29.3. The molecule has 2 heterocycles. The van der Waals surface area contributed by atoms with Gasteiger partial charge < -0.3 is 4.74 Å². The van der Waals surface area contributed by atoms with Gasteiger partial charge in [0.15, 0.2) is 5.78 Å². The standard InChI is InChI=1S/C26H24N4O3/c1-17(2)16-33-26(32)28-21-8-5-6-18(14-21)25(31)19-9-11-22-23(29-30-24(22)15-19)12-10-20-7-3-4-13-27-20/h3-15,17H,16H2,1-2H3,(H,28,32)(H,29,30)/b12-10+. The molecule has 0 aliphatic rings. The first-order chi connectivity index (χ1) is 16.0. The average molecular weight is 441 g/mol. The maximum atomic E-state index is 13.1. The fraction of sp³-hybridized carbons (Fsp3) is 0.154. The van der Waals surface area contributed by atoms with Crippen LogP contribution in [0.4, 0.5) is 10.5 Å². The number of ketones is 1. The van der Waals surface area contributed by atoms with Crippen LogP contribution in [0.25, 0.3) is 23.1 Å². The number of ether oxygens (including phenoxy) is 1. The quantitative estimate of drug-likeness (QED) is 0.367. The number of carbonyl (C=O) groups is 2. The smallest absolute Gasteiger partial charge is 0.411 e. The van der Waals surface area contributed by atoms with Crippen LogP contribution in [0, 0.1) is 5.92 Å². The molecule has 0 saturated carbocycles. The molecule has 0 fully saturated rings. The number of rotatable bonds is 7. The lowest BCUT2D eigenvalue weighted by Crippen LogP contribution is -2.16. The van der Waals surface area contributed by atoms with Crippen LogP contribution >= 0.6 is 0 Å². The van der Waals surface area contributed by atoms with Crippen LogP contribution in [0.2, 0.25) is 0 Å². The summed E-state index contributed by atoms with van der Waals surface area (Å²) in [6, 6.07) is 17.9. The highest BCUT2D eigenvalue weighted by atomic mass is 16.5. The first-order valence-corrected chi connectivity index (χ1v) is 10.7. The Balaban J connectivity index is 1.50. The van der Waals surface area contributed by atoms with E-state index in [-0.39, 0.29) is 11.7 Å². The first kappa shape index (κ1) is 22.0. The molecule has 4 rings (SSSR count). The van der Waals surface area contributed by atoms with Gasteiger partial charge in [-0.05, 0) is 54.5 Å². The minimum Gasteiger partial charge on any atom is -0.449 e. The summed E-state index contributed by atoms with van der Waals surface area (Å²) >= 11 is 0. The second-order valence-corrected chi connectivity index (χ2v) is 7.98. The number of H-pyrrole nitrogens is 1. The zero-order valence-electron chi connectivity index (χ0n) is 18.4. The lowest BCUT2D eigenvalue weighted by Gasteiger charge is -2.09. The molecule has 0 radical (unpaired) electrons. The van der Waals surface area contributed by atoms with Gasteiger partial charge in [-0.2, -0.15) is 5.10 Å². The highest BCUT2D eigenvalue weighted by Crippen LogP contribution is 2.22. The summed E-state index contributed by atoms with van der Waals surface area (Å²) in [6.45, 7) is 4.25. The van der Waals surface area contributed by atoms with Crippen LogP contribution in [0.1, 0.15) is 41.2 Å². The Morgan fingerprint density at radius 2 is 1.88 bits per heavy atom. The van der Waals surface area contributed by atoms with E-state index in [1.165, 1.54) is 0 Å². The van der Waals surface area contributed by atoms with Gasteiger partial charge in [0.2, 0.25) is 0 Å². The van der Waals surface area contributed by atoms with E-state index < -0.39 is 6.09 Å². The zero-order valence-corrected chi connectivity index (χ0v) is 18.4. The van der Waals surface area contributed by atoms with Gasteiger partial charge in [0, 0.05) is 28.4 Å². The van der Waals surface area contributed by atoms with Gasteiger partial charge >= 0.3 is 6.09 Å². The molecule has 33 heavy (non-hydrogen) atoms. The molecular weight excluding hydrogens is 416 g/mol. The highest BCUT2D eigenvalue weighted by Gasteiger charge is 2.13. The highest BCUT2D eigenvalue weighted by molar-refractivity contribution is 6.11. The number of anilines is 1. The largest absolute Gasteiger partial charge is 0.449 e. The van der Waals surface area contributed by atoms with E-state index in [4.69, 9.17) is 4.74 Å². The van der Waals surface area contributed by atoms with Crippen molar-refractivity contribution in [3.05, 3.63) is 89.4 Å². The number of hydrogen-bond donors (Lipinski definition) is 2. The fourth-order valence-corrected chi connectivity index (χ4v) is 3.25. The second kappa shape index (κ2) is 9.91. The zero-order chi connectivity index (χ0) is 23.2. The second-order valence-electron chi connectivity index (χ2n) is 7.98. The molecule has 0 saturated heterocycles.